The summed E-state index contributed by atoms with van der Waals surface area (Å²) >= 11 is 0. The van der Waals surface area contributed by atoms with E-state index in [1.807, 2.05) is 0 Å². The van der Waals surface area contributed by atoms with Gasteiger partial charge in [-0.15, -0.1) is 0 Å². The zero-order valence-corrected chi connectivity index (χ0v) is 12.1. The highest BCUT2D eigenvalue weighted by atomic mass is 16.5. The number of nitrogens with zero attached hydrogens (tertiary/aromatic N) is 2. The lowest BCUT2D eigenvalue weighted by Gasteiger charge is -2.17. The molecule has 118 valence electrons. The summed E-state index contributed by atoms with van der Waals surface area (Å²) in [7, 11) is 0.570. The smallest absolute Gasteiger partial charge is 0.307 e. The van der Waals surface area contributed by atoms with Crippen LogP contribution in [0.1, 0.15) is 50.8 Å². The van der Waals surface area contributed by atoms with Crippen molar-refractivity contribution in [1.82, 2.24) is 9.80 Å². The molecule has 0 aromatic heterocycles. The number of hydrogen-bond donors (Lipinski definition) is 1. The fraction of sp³-hybridized carbons (Fsp3) is 0.933. The van der Waals surface area contributed by atoms with E-state index < -0.39 is 44.4 Å². The summed E-state index contributed by atoms with van der Waals surface area (Å²) in [6.07, 6.45) is -1.69. The fourth-order valence-corrected chi connectivity index (χ4v) is 2.43. The third-order valence-electron chi connectivity index (χ3n) is 3.65. The highest BCUT2D eigenvalue weighted by molar-refractivity contribution is 5.69. The second-order valence-electron chi connectivity index (χ2n) is 5.07. The summed E-state index contributed by atoms with van der Waals surface area (Å²) in [5, 5.41) is 9.06. The lowest BCUT2D eigenvalue weighted by molar-refractivity contribution is -0.141. The number of carbonyl (C=O) groups is 1. The van der Waals surface area contributed by atoms with E-state index in [4.69, 9.17) is 17.4 Å². The number of hydrogen-bond acceptors (Lipinski definition) is 5. The summed E-state index contributed by atoms with van der Waals surface area (Å²) in [6.45, 7) is -1.30. The minimum Gasteiger partial charge on any atom is -0.469 e. The number of methoxy groups -OCH3 is 1. The quantitative estimate of drug-likeness (QED) is 0.787. The Labute approximate surface area is 135 Å². The molecular formula is C15H30N2O3. The molecule has 1 N–H and O–H groups in total. The van der Waals surface area contributed by atoms with Crippen LogP contribution in [-0.2, 0) is 9.53 Å². The molecule has 0 aliphatic carbocycles. The normalized spacial score (nSPS) is 36.6. The first-order chi connectivity index (χ1) is 12.9. The van der Waals surface area contributed by atoms with E-state index in [1.54, 1.807) is 23.9 Å². The molecule has 2 aliphatic heterocycles. The van der Waals surface area contributed by atoms with Gasteiger partial charge in [-0.3, -0.25) is 4.79 Å². The SMILES string of the molecule is [2H]C([2H])(O)C([2H])([2H])[C@H]1CCCN1C.[2H]C([2H])([2H])OC(=O)C([2H])([2H])[C@H]1CCCN1C. The number of aliphatic hydroxyl groups is 1. The molecule has 2 atom stereocenters. The first kappa shape index (κ1) is 8.11. The van der Waals surface area contributed by atoms with Crippen LogP contribution in [0.3, 0.4) is 0 Å². The summed E-state index contributed by atoms with van der Waals surface area (Å²) in [4.78, 5) is 14.9. The maximum Gasteiger partial charge on any atom is 0.307 e. The van der Waals surface area contributed by atoms with Gasteiger partial charge in [-0.2, -0.15) is 0 Å². The Bertz CT molecular complexity index is 566. The summed E-state index contributed by atoms with van der Waals surface area (Å²) in [5.74, 6) is -1.31. The topological polar surface area (TPSA) is 53.0 Å². The summed E-state index contributed by atoms with van der Waals surface area (Å²) in [6, 6.07) is -1.13. The Morgan fingerprint density at radius 3 is 2.35 bits per heavy atom. The molecule has 0 spiro atoms. The molecule has 0 saturated carbocycles. The van der Waals surface area contributed by atoms with Crippen LogP contribution in [0.25, 0.3) is 0 Å². The van der Waals surface area contributed by atoms with Gasteiger partial charge in [0.25, 0.3) is 0 Å². The molecule has 2 rings (SSSR count). The first-order valence-electron chi connectivity index (χ1n) is 11.3. The van der Waals surface area contributed by atoms with E-state index in [-0.39, 0.29) is 0 Å². The monoisotopic (exact) mass is 295 g/mol. The lowest BCUT2D eigenvalue weighted by Crippen LogP contribution is -2.27. The Kier molecular flexibility index (Phi) is 3.78. The van der Waals surface area contributed by atoms with Gasteiger partial charge in [0.1, 0.15) is 0 Å². The molecule has 2 aliphatic rings. The molecule has 0 amide bonds. The van der Waals surface area contributed by atoms with Gasteiger partial charge >= 0.3 is 5.97 Å². The Morgan fingerprint density at radius 2 is 1.90 bits per heavy atom. The van der Waals surface area contributed by atoms with Gasteiger partial charge in [0, 0.05) is 24.1 Å². The van der Waals surface area contributed by atoms with Crippen LogP contribution in [0.15, 0.2) is 0 Å². The van der Waals surface area contributed by atoms with Crippen LogP contribution in [0.4, 0.5) is 0 Å². The Balaban J connectivity index is 0.000000296. The zero-order valence-electron chi connectivity index (χ0n) is 21.1. The molecule has 5 heteroatoms. The second-order valence-corrected chi connectivity index (χ2v) is 5.07. The maximum atomic E-state index is 11.4. The number of esters is 1. The van der Waals surface area contributed by atoms with E-state index in [9.17, 15) is 4.79 Å². The standard InChI is InChI=1S/C8H15NO2.C7H15NO/c1-9-5-3-4-7(9)6-8(10)11-2;1-8-5-2-3-7(8)4-6-9/h7H,3-6H2,1-2H3;7,9H,2-6H2,1H3/t2*7-/m11/s1/i2D3,6D2;4D2,6D2. The number of likely N-dealkylation sites (tertiary alicyclic amines) is 2. The van der Waals surface area contributed by atoms with Crippen LogP contribution in [0.5, 0.6) is 0 Å². The molecule has 2 fully saturated rings. The van der Waals surface area contributed by atoms with Gasteiger partial charge in [-0.25, -0.2) is 0 Å². The fourth-order valence-electron chi connectivity index (χ4n) is 2.43. The second kappa shape index (κ2) is 9.32. The van der Waals surface area contributed by atoms with Crippen LogP contribution in [0, 0.1) is 0 Å². The lowest BCUT2D eigenvalue weighted by atomic mass is 10.1. The van der Waals surface area contributed by atoms with Crippen molar-refractivity contribution in [2.45, 2.75) is 50.5 Å². The minimum atomic E-state index is -2.89. The highest BCUT2D eigenvalue weighted by Gasteiger charge is 2.23. The van der Waals surface area contributed by atoms with Crippen molar-refractivity contribution in [3.63, 3.8) is 0 Å². The summed E-state index contributed by atoms with van der Waals surface area (Å²) < 4.78 is 68.8. The third-order valence-corrected chi connectivity index (χ3v) is 3.65. The van der Waals surface area contributed by atoms with Crippen molar-refractivity contribution >= 4 is 5.97 Å². The van der Waals surface area contributed by atoms with Gasteiger partial charge < -0.3 is 19.6 Å². The van der Waals surface area contributed by atoms with Crippen LogP contribution >= 0.6 is 0 Å². The zero-order chi connectivity index (χ0) is 22.8. The molecule has 0 aromatic rings. The van der Waals surface area contributed by atoms with Gasteiger partial charge in [0.15, 0.2) is 0 Å². The van der Waals surface area contributed by atoms with E-state index in [1.165, 1.54) is 0 Å². The molecule has 0 bridgehead atoms. The highest BCUT2D eigenvalue weighted by Crippen LogP contribution is 2.18. The van der Waals surface area contributed by atoms with E-state index in [2.05, 4.69) is 4.74 Å². The van der Waals surface area contributed by atoms with Crippen molar-refractivity contribution in [2.75, 3.05) is 40.8 Å². The van der Waals surface area contributed by atoms with Gasteiger partial charge in [0.05, 0.1) is 20.3 Å². The molecule has 0 aromatic carbocycles. The van der Waals surface area contributed by atoms with E-state index in [0.717, 1.165) is 19.4 Å². The van der Waals surface area contributed by atoms with E-state index >= 15 is 0 Å². The molecule has 0 radical (unpaired) electrons. The molecule has 5 nitrogen and oxygen atoms in total. The van der Waals surface area contributed by atoms with Gasteiger partial charge in [-0.1, -0.05) is 0 Å². The number of ether oxygens (including phenoxy) is 1. The van der Waals surface area contributed by atoms with Crippen molar-refractivity contribution < 1.29 is 27.0 Å². The summed E-state index contributed by atoms with van der Waals surface area (Å²) in [5.41, 5.74) is 0. The molecule has 20 heavy (non-hydrogen) atoms. The average Bonchev–Trinajstić information content (AvgIpc) is 3.13. The van der Waals surface area contributed by atoms with Crippen LogP contribution in [0.2, 0.25) is 0 Å². The van der Waals surface area contributed by atoms with Crippen molar-refractivity contribution in [2.24, 2.45) is 0 Å². The van der Waals surface area contributed by atoms with E-state index in [0.29, 0.717) is 19.4 Å². The minimum absolute atomic E-state index is 0.521. The molecular weight excluding hydrogens is 256 g/mol. The molecule has 2 saturated heterocycles. The maximum absolute atomic E-state index is 11.4. The Hall–Kier alpha value is -0.650. The van der Waals surface area contributed by atoms with Crippen molar-refractivity contribution in [3.8, 4) is 0 Å². The third kappa shape index (κ3) is 5.77. The molecule has 2 heterocycles. The van der Waals surface area contributed by atoms with Crippen molar-refractivity contribution in [3.05, 3.63) is 0 Å². The first-order valence-corrected chi connectivity index (χ1v) is 6.77. The number of rotatable bonds is 4. The Morgan fingerprint density at radius 1 is 1.30 bits per heavy atom. The number of carbonyl (C=O) groups excluding carboxylic acids is 1. The van der Waals surface area contributed by atoms with Gasteiger partial charge in [-0.05, 0) is 59.2 Å². The van der Waals surface area contributed by atoms with Crippen molar-refractivity contribution in [1.29, 1.82) is 0 Å². The molecule has 0 unspecified atom stereocenters. The predicted octanol–water partition coefficient (Wildman–Crippen LogP) is 1.11. The van der Waals surface area contributed by atoms with Crippen LogP contribution in [-0.4, -0.2) is 73.7 Å². The van der Waals surface area contributed by atoms with Gasteiger partial charge in [0.2, 0.25) is 0 Å². The largest absolute Gasteiger partial charge is 0.469 e. The predicted molar refractivity (Wildman–Crippen MR) is 79.6 cm³/mol. The van der Waals surface area contributed by atoms with Crippen LogP contribution < -0.4 is 0 Å². The average molecular weight is 295 g/mol.